The van der Waals surface area contributed by atoms with E-state index in [2.05, 4.69) is 15.1 Å². The van der Waals surface area contributed by atoms with Crippen LogP contribution in [0.15, 0.2) is 6.33 Å². The molecule has 1 aliphatic rings. The maximum atomic E-state index is 9.01. The summed E-state index contributed by atoms with van der Waals surface area (Å²) in [6.45, 7) is 5.61. The van der Waals surface area contributed by atoms with Gasteiger partial charge in [0, 0.05) is 26.2 Å². The molecule has 16 heavy (non-hydrogen) atoms. The molecule has 0 atom stereocenters. The Kier molecular flexibility index (Phi) is 4.26. The van der Waals surface area contributed by atoms with E-state index in [0.29, 0.717) is 5.82 Å². The summed E-state index contributed by atoms with van der Waals surface area (Å²) in [5, 5.41) is 16.6. The van der Waals surface area contributed by atoms with Crippen LogP contribution >= 0.6 is 0 Å². The minimum absolute atomic E-state index is 0.0441. The molecule has 1 fully saturated rings. The Balaban J connectivity index is 1.71. The molecule has 0 spiro atoms. The average Bonchev–Trinajstić information content (AvgIpc) is 2.78. The van der Waals surface area contributed by atoms with Gasteiger partial charge in [0.2, 0.25) is 0 Å². The Morgan fingerprint density at radius 2 is 2.12 bits per heavy atom. The van der Waals surface area contributed by atoms with Crippen LogP contribution in [0.2, 0.25) is 0 Å². The summed E-state index contributed by atoms with van der Waals surface area (Å²) < 4.78 is 7.19. The highest BCUT2D eigenvalue weighted by molar-refractivity contribution is 4.82. The van der Waals surface area contributed by atoms with Crippen molar-refractivity contribution in [2.75, 3.05) is 32.8 Å². The van der Waals surface area contributed by atoms with Crippen molar-refractivity contribution in [2.45, 2.75) is 19.6 Å². The van der Waals surface area contributed by atoms with Crippen LogP contribution in [0.1, 0.15) is 12.2 Å². The second-order valence-electron chi connectivity index (χ2n) is 3.91. The number of morpholine rings is 1. The fourth-order valence-corrected chi connectivity index (χ4v) is 1.88. The summed E-state index contributed by atoms with van der Waals surface area (Å²) in [5.74, 6) is 0.641. The van der Waals surface area contributed by atoms with E-state index in [-0.39, 0.29) is 6.61 Å². The number of hydrogen-bond acceptors (Lipinski definition) is 5. The molecule has 6 nitrogen and oxygen atoms in total. The molecule has 1 aliphatic heterocycles. The highest BCUT2D eigenvalue weighted by Gasteiger charge is 2.09. The maximum Gasteiger partial charge on any atom is 0.158 e. The zero-order valence-electron chi connectivity index (χ0n) is 9.38. The lowest BCUT2D eigenvalue weighted by Gasteiger charge is -2.26. The fourth-order valence-electron chi connectivity index (χ4n) is 1.88. The Morgan fingerprint density at radius 3 is 2.88 bits per heavy atom. The number of aromatic nitrogens is 3. The molecule has 0 unspecified atom stereocenters. The van der Waals surface area contributed by atoms with Gasteiger partial charge in [0.05, 0.1) is 13.2 Å². The van der Waals surface area contributed by atoms with Gasteiger partial charge in [-0.15, -0.1) is 10.2 Å². The highest BCUT2D eigenvalue weighted by Crippen LogP contribution is 2.01. The first-order valence-corrected chi connectivity index (χ1v) is 5.68. The molecule has 1 aromatic heterocycles. The molecule has 0 aliphatic carbocycles. The number of nitrogens with zero attached hydrogens (tertiary/aromatic N) is 4. The SMILES string of the molecule is OCc1nncn1CCCN1CCOCC1. The summed E-state index contributed by atoms with van der Waals surface area (Å²) in [6, 6.07) is 0. The lowest BCUT2D eigenvalue weighted by Crippen LogP contribution is -2.37. The molecular weight excluding hydrogens is 208 g/mol. The van der Waals surface area contributed by atoms with Crippen LogP contribution in [0.4, 0.5) is 0 Å². The Morgan fingerprint density at radius 1 is 1.31 bits per heavy atom. The second kappa shape index (κ2) is 5.93. The van der Waals surface area contributed by atoms with Gasteiger partial charge in [0.1, 0.15) is 12.9 Å². The molecule has 0 bridgehead atoms. The zero-order chi connectivity index (χ0) is 11.2. The summed E-state index contributed by atoms with van der Waals surface area (Å²) in [6.07, 6.45) is 2.72. The van der Waals surface area contributed by atoms with Crippen LogP contribution in [0.25, 0.3) is 0 Å². The van der Waals surface area contributed by atoms with Crippen LogP contribution in [-0.2, 0) is 17.9 Å². The summed E-state index contributed by atoms with van der Waals surface area (Å²) >= 11 is 0. The smallest absolute Gasteiger partial charge is 0.158 e. The van der Waals surface area contributed by atoms with E-state index in [1.807, 2.05) is 4.57 Å². The predicted molar refractivity (Wildman–Crippen MR) is 57.8 cm³/mol. The van der Waals surface area contributed by atoms with E-state index >= 15 is 0 Å². The number of aliphatic hydroxyl groups excluding tert-OH is 1. The number of aryl methyl sites for hydroxylation is 1. The van der Waals surface area contributed by atoms with E-state index in [9.17, 15) is 0 Å². The van der Waals surface area contributed by atoms with Crippen molar-refractivity contribution in [3.8, 4) is 0 Å². The quantitative estimate of drug-likeness (QED) is 0.733. The molecule has 0 radical (unpaired) electrons. The van der Waals surface area contributed by atoms with Crippen molar-refractivity contribution in [3.63, 3.8) is 0 Å². The molecule has 0 amide bonds. The first-order chi connectivity index (χ1) is 7.90. The third-order valence-electron chi connectivity index (χ3n) is 2.81. The average molecular weight is 226 g/mol. The topological polar surface area (TPSA) is 63.4 Å². The molecule has 1 saturated heterocycles. The van der Waals surface area contributed by atoms with Crippen molar-refractivity contribution in [3.05, 3.63) is 12.2 Å². The third kappa shape index (κ3) is 3.01. The van der Waals surface area contributed by atoms with Crippen molar-refractivity contribution in [1.82, 2.24) is 19.7 Å². The van der Waals surface area contributed by atoms with Gasteiger partial charge in [0.15, 0.2) is 5.82 Å². The van der Waals surface area contributed by atoms with Crippen LogP contribution < -0.4 is 0 Å². The predicted octanol–water partition coefficient (Wildman–Crippen LogP) is -0.507. The van der Waals surface area contributed by atoms with Gasteiger partial charge in [-0.05, 0) is 6.42 Å². The van der Waals surface area contributed by atoms with Crippen LogP contribution in [0.5, 0.6) is 0 Å². The van der Waals surface area contributed by atoms with E-state index in [1.165, 1.54) is 0 Å². The molecule has 0 aromatic carbocycles. The van der Waals surface area contributed by atoms with Gasteiger partial charge in [-0.2, -0.15) is 0 Å². The summed E-state index contributed by atoms with van der Waals surface area (Å²) in [7, 11) is 0. The first kappa shape index (κ1) is 11.5. The lowest BCUT2D eigenvalue weighted by atomic mass is 10.3. The molecular formula is C10H18N4O2. The molecule has 90 valence electrons. The van der Waals surface area contributed by atoms with Gasteiger partial charge in [0.25, 0.3) is 0 Å². The fraction of sp³-hybridized carbons (Fsp3) is 0.800. The first-order valence-electron chi connectivity index (χ1n) is 5.68. The van der Waals surface area contributed by atoms with Crippen molar-refractivity contribution < 1.29 is 9.84 Å². The number of hydrogen-bond donors (Lipinski definition) is 1. The van der Waals surface area contributed by atoms with Crippen molar-refractivity contribution >= 4 is 0 Å². The maximum absolute atomic E-state index is 9.01. The van der Waals surface area contributed by atoms with E-state index in [4.69, 9.17) is 9.84 Å². The third-order valence-corrected chi connectivity index (χ3v) is 2.81. The molecule has 1 N–H and O–H groups in total. The lowest BCUT2D eigenvalue weighted by molar-refractivity contribution is 0.0369. The van der Waals surface area contributed by atoms with Crippen LogP contribution in [0.3, 0.4) is 0 Å². The van der Waals surface area contributed by atoms with E-state index in [1.54, 1.807) is 6.33 Å². The number of ether oxygens (including phenoxy) is 1. The van der Waals surface area contributed by atoms with Gasteiger partial charge in [-0.3, -0.25) is 4.90 Å². The molecule has 2 heterocycles. The van der Waals surface area contributed by atoms with Crippen molar-refractivity contribution in [2.24, 2.45) is 0 Å². The molecule has 2 rings (SSSR count). The molecule has 6 heteroatoms. The Labute approximate surface area is 94.8 Å². The Bertz CT molecular complexity index is 310. The number of aliphatic hydroxyl groups is 1. The van der Waals surface area contributed by atoms with Gasteiger partial charge < -0.3 is 14.4 Å². The summed E-state index contributed by atoms with van der Waals surface area (Å²) in [4.78, 5) is 2.40. The second-order valence-corrected chi connectivity index (χ2v) is 3.91. The van der Waals surface area contributed by atoms with Gasteiger partial charge in [-0.1, -0.05) is 0 Å². The molecule has 1 aromatic rings. The normalized spacial score (nSPS) is 17.8. The summed E-state index contributed by atoms with van der Waals surface area (Å²) in [5.41, 5.74) is 0. The van der Waals surface area contributed by atoms with E-state index in [0.717, 1.165) is 45.8 Å². The van der Waals surface area contributed by atoms with Crippen LogP contribution in [0, 0.1) is 0 Å². The molecule has 0 saturated carbocycles. The Hall–Kier alpha value is -0.980. The minimum atomic E-state index is -0.0441. The highest BCUT2D eigenvalue weighted by atomic mass is 16.5. The minimum Gasteiger partial charge on any atom is -0.388 e. The standard InChI is InChI=1S/C10H18N4O2/c15-8-10-12-11-9-14(10)3-1-2-13-4-6-16-7-5-13/h9,15H,1-8H2. The zero-order valence-corrected chi connectivity index (χ0v) is 9.38. The van der Waals surface area contributed by atoms with Gasteiger partial charge in [-0.25, -0.2) is 0 Å². The van der Waals surface area contributed by atoms with Crippen LogP contribution in [-0.4, -0.2) is 57.6 Å². The van der Waals surface area contributed by atoms with Crippen molar-refractivity contribution in [1.29, 1.82) is 0 Å². The largest absolute Gasteiger partial charge is 0.388 e. The number of rotatable bonds is 5. The monoisotopic (exact) mass is 226 g/mol. The van der Waals surface area contributed by atoms with E-state index < -0.39 is 0 Å². The van der Waals surface area contributed by atoms with Gasteiger partial charge >= 0.3 is 0 Å².